The Bertz CT molecular complexity index is 1100. The Morgan fingerprint density at radius 3 is 2.86 bits per heavy atom. The molecule has 2 aromatic rings. The van der Waals surface area contributed by atoms with Gasteiger partial charge in [-0.15, -0.1) is 11.3 Å². The van der Waals surface area contributed by atoms with Crippen LogP contribution in [-0.2, 0) is 10.0 Å². The van der Waals surface area contributed by atoms with Gasteiger partial charge in [0.05, 0.1) is 0 Å². The van der Waals surface area contributed by atoms with Crippen molar-refractivity contribution in [2.24, 2.45) is 0 Å². The molecule has 156 valence electrons. The van der Waals surface area contributed by atoms with Crippen molar-refractivity contribution < 1.29 is 8.42 Å². The van der Waals surface area contributed by atoms with E-state index >= 15 is 0 Å². The molecule has 1 aromatic carbocycles. The molecule has 0 bridgehead atoms. The highest BCUT2D eigenvalue weighted by Gasteiger charge is 2.32. The number of likely N-dealkylation sites (N-methyl/N-ethyl adjacent to an activating group) is 1. The van der Waals surface area contributed by atoms with E-state index in [-0.39, 0.29) is 0 Å². The molecule has 0 spiro atoms. The van der Waals surface area contributed by atoms with E-state index in [4.69, 9.17) is 11.6 Å². The highest BCUT2D eigenvalue weighted by Crippen LogP contribution is 2.37. The number of sulfonamides is 1. The van der Waals surface area contributed by atoms with Crippen LogP contribution in [0, 0.1) is 6.92 Å². The van der Waals surface area contributed by atoms with Crippen molar-refractivity contribution in [1.29, 1.82) is 0 Å². The summed E-state index contributed by atoms with van der Waals surface area (Å²) in [5, 5.41) is 1.51. The summed E-state index contributed by atoms with van der Waals surface area (Å²) in [6.07, 6.45) is 5.79. The van der Waals surface area contributed by atoms with Crippen LogP contribution in [0.5, 0.6) is 0 Å². The van der Waals surface area contributed by atoms with Crippen LogP contribution >= 0.6 is 22.9 Å². The Balaban J connectivity index is 1.54. The van der Waals surface area contributed by atoms with Crippen molar-refractivity contribution in [1.82, 2.24) is 14.5 Å². The minimum atomic E-state index is -3.64. The van der Waals surface area contributed by atoms with E-state index in [9.17, 15) is 8.42 Å². The van der Waals surface area contributed by atoms with Gasteiger partial charge in [-0.05, 0) is 62.7 Å². The number of likely N-dealkylation sites (tertiary alicyclic amines) is 1. The molecule has 2 aliphatic rings. The zero-order chi connectivity index (χ0) is 20.8. The largest absolute Gasteiger partial charge is 0.308 e. The van der Waals surface area contributed by atoms with Crippen molar-refractivity contribution in [2.45, 2.75) is 30.0 Å². The summed E-state index contributed by atoms with van der Waals surface area (Å²) in [6.45, 7) is 4.87. The highest BCUT2D eigenvalue weighted by atomic mass is 35.5. The van der Waals surface area contributed by atoms with Crippen LogP contribution in [-0.4, -0.2) is 58.0 Å². The number of fused-ring (bicyclic) bond motifs is 2. The number of nitrogens with zero attached hydrogens (tertiary/aromatic N) is 2. The molecule has 4 rings (SSSR count). The number of allylic oxidation sites excluding steroid dienone is 2. The number of aryl methyl sites for hydroxylation is 1. The number of nitrogens with one attached hydrogen (secondary N) is 1. The van der Waals surface area contributed by atoms with Gasteiger partial charge in [0, 0.05) is 47.5 Å². The topological polar surface area (TPSA) is 52.7 Å². The Hall–Kier alpha value is -1.38. The summed E-state index contributed by atoms with van der Waals surface area (Å²) >= 11 is 7.39. The van der Waals surface area contributed by atoms with Gasteiger partial charge in [-0.3, -0.25) is 9.62 Å². The van der Waals surface area contributed by atoms with E-state index in [0.29, 0.717) is 21.7 Å². The van der Waals surface area contributed by atoms with E-state index in [1.54, 1.807) is 6.07 Å². The number of benzene rings is 1. The fourth-order valence-electron chi connectivity index (χ4n) is 4.09. The third kappa shape index (κ3) is 4.25. The molecule has 0 amide bonds. The number of thiophene rings is 1. The van der Waals surface area contributed by atoms with Gasteiger partial charge in [-0.1, -0.05) is 23.3 Å². The van der Waals surface area contributed by atoms with Crippen LogP contribution in [0.1, 0.15) is 18.4 Å². The average Bonchev–Trinajstić information content (AvgIpc) is 3.21. The molecule has 1 unspecified atom stereocenters. The lowest BCUT2D eigenvalue weighted by molar-refractivity contribution is 0.233. The number of hydrogen-bond donors (Lipinski definition) is 1. The van der Waals surface area contributed by atoms with E-state index in [1.807, 2.05) is 25.1 Å². The van der Waals surface area contributed by atoms with E-state index in [1.165, 1.54) is 16.9 Å². The van der Waals surface area contributed by atoms with E-state index in [2.05, 4.69) is 34.7 Å². The second-order valence-electron chi connectivity index (χ2n) is 8.00. The third-order valence-corrected chi connectivity index (χ3v) is 9.20. The molecular formula is C21H26ClN3O2S2. The molecule has 29 heavy (non-hydrogen) atoms. The van der Waals surface area contributed by atoms with Crippen LogP contribution in [0.4, 0.5) is 0 Å². The zero-order valence-corrected chi connectivity index (χ0v) is 19.3. The lowest BCUT2D eigenvalue weighted by Gasteiger charge is -2.29. The SMILES string of the molecule is Cc1c(S(=O)(=O)NC2=CC=C3CCN(CCN(C)C)C3C2)sc2ccc(Cl)cc12. The molecule has 2 heterocycles. The number of halogens is 1. The second-order valence-corrected chi connectivity index (χ2v) is 11.4. The molecule has 1 aromatic heterocycles. The van der Waals surface area contributed by atoms with Gasteiger partial charge in [-0.2, -0.15) is 0 Å². The lowest BCUT2D eigenvalue weighted by atomic mass is 9.98. The van der Waals surface area contributed by atoms with Crippen molar-refractivity contribution in [2.75, 3.05) is 33.7 Å². The van der Waals surface area contributed by atoms with Gasteiger partial charge < -0.3 is 4.90 Å². The fourth-order valence-corrected chi connectivity index (χ4v) is 7.11. The molecule has 1 fully saturated rings. The second kappa shape index (κ2) is 8.04. The predicted molar refractivity (Wildman–Crippen MR) is 121 cm³/mol. The maximum absolute atomic E-state index is 13.1. The van der Waals surface area contributed by atoms with E-state index in [0.717, 1.165) is 47.4 Å². The van der Waals surface area contributed by atoms with Gasteiger partial charge in [-0.25, -0.2) is 8.42 Å². The molecule has 1 N–H and O–H groups in total. The Morgan fingerprint density at radius 1 is 1.31 bits per heavy atom. The zero-order valence-electron chi connectivity index (χ0n) is 16.9. The molecule has 1 saturated heterocycles. The first-order valence-electron chi connectivity index (χ1n) is 9.74. The molecule has 8 heteroatoms. The molecule has 1 aliphatic carbocycles. The first-order valence-corrected chi connectivity index (χ1v) is 12.4. The smallest absolute Gasteiger partial charge is 0.271 e. The molecule has 1 atom stereocenters. The van der Waals surface area contributed by atoms with Crippen LogP contribution in [0.2, 0.25) is 5.02 Å². The van der Waals surface area contributed by atoms with Gasteiger partial charge in [0.2, 0.25) is 0 Å². The number of rotatable bonds is 6. The quantitative estimate of drug-likeness (QED) is 0.721. The van der Waals surface area contributed by atoms with Crippen LogP contribution in [0.3, 0.4) is 0 Å². The molecule has 1 aliphatic heterocycles. The van der Waals surface area contributed by atoms with Gasteiger partial charge >= 0.3 is 0 Å². The standard InChI is InChI=1S/C21H26ClN3O2S2/c1-14-18-12-16(22)5-7-20(18)28-21(14)29(26,27)23-17-6-4-15-8-9-25(19(15)13-17)11-10-24(2)3/h4-7,12,19,23H,8-11,13H2,1-3H3. The Morgan fingerprint density at radius 2 is 2.10 bits per heavy atom. The monoisotopic (exact) mass is 451 g/mol. The lowest BCUT2D eigenvalue weighted by Crippen LogP contribution is -2.38. The maximum atomic E-state index is 13.1. The first kappa shape index (κ1) is 20.9. The summed E-state index contributed by atoms with van der Waals surface area (Å²) < 4.78 is 30.4. The predicted octanol–water partition coefficient (Wildman–Crippen LogP) is 3.99. The van der Waals surface area contributed by atoms with Crippen molar-refractivity contribution >= 4 is 43.0 Å². The van der Waals surface area contributed by atoms with Crippen molar-refractivity contribution in [3.05, 3.63) is 52.2 Å². The summed E-state index contributed by atoms with van der Waals surface area (Å²) in [4.78, 5) is 4.64. The summed E-state index contributed by atoms with van der Waals surface area (Å²) in [5.74, 6) is 0. The van der Waals surface area contributed by atoms with Gasteiger partial charge in [0.15, 0.2) is 0 Å². The van der Waals surface area contributed by atoms with Gasteiger partial charge in [0.1, 0.15) is 4.21 Å². The average molecular weight is 452 g/mol. The maximum Gasteiger partial charge on any atom is 0.271 e. The van der Waals surface area contributed by atoms with Crippen LogP contribution < -0.4 is 4.72 Å². The van der Waals surface area contributed by atoms with Crippen LogP contribution in [0.15, 0.2) is 45.8 Å². The summed E-state index contributed by atoms with van der Waals surface area (Å²) in [7, 11) is 0.518. The minimum Gasteiger partial charge on any atom is -0.308 e. The minimum absolute atomic E-state index is 0.292. The number of hydrogen-bond acceptors (Lipinski definition) is 5. The molecular weight excluding hydrogens is 426 g/mol. The summed E-state index contributed by atoms with van der Waals surface area (Å²) in [6, 6.07) is 5.80. The highest BCUT2D eigenvalue weighted by molar-refractivity contribution is 7.92. The molecule has 5 nitrogen and oxygen atoms in total. The van der Waals surface area contributed by atoms with Crippen molar-refractivity contribution in [3.63, 3.8) is 0 Å². The van der Waals surface area contributed by atoms with Crippen molar-refractivity contribution in [3.8, 4) is 0 Å². The third-order valence-electron chi connectivity index (χ3n) is 5.67. The van der Waals surface area contributed by atoms with Gasteiger partial charge in [0.25, 0.3) is 10.0 Å². The Kier molecular flexibility index (Phi) is 5.79. The van der Waals surface area contributed by atoms with E-state index < -0.39 is 10.0 Å². The normalized spacial score (nSPS) is 20.1. The fraction of sp³-hybridized carbons (Fsp3) is 0.429. The van der Waals surface area contributed by atoms with Crippen LogP contribution in [0.25, 0.3) is 10.1 Å². The molecule has 0 saturated carbocycles. The molecule has 0 radical (unpaired) electrons. The summed E-state index contributed by atoms with van der Waals surface area (Å²) in [5.41, 5.74) is 2.91. The first-order chi connectivity index (χ1) is 13.7. The Labute approximate surface area is 181 Å².